The summed E-state index contributed by atoms with van der Waals surface area (Å²) in [7, 11) is -0.484. The molecule has 2 heterocycles. The summed E-state index contributed by atoms with van der Waals surface area (Å²) in [5, 5.41) is 11.3. The molecule has 0 aliphatic heterocycles. The van der Waals surface area contributed by atoms with Gasteiger partial charge in [-0.25, -0.2) is 4.98 Å². The van der Waals surface area contributed by atoms with E-state index < -0.39 is 22.6 Å². The van der Waals surface area contributed by atoms with Crippen molar-refractivity contribution in [2.24, 2.45) is 4.36 Å². The summed E-state index contributed by atoms with van der Waals surface area (Å²) in [4.78, 5) is 8.03. The first-order valence-electron chi connectivity index (χ1n) is 8.13. The van der Waals surface area contributed by atoms with Crippen LogP contribution in [-0.4, -0.2) is 16.2 Å². The van der Waals surface area contributed by atoms with Gasteiger partial charge in [-0.15, -0.1) is 11.3 Å². The van der Waals surface area contributed by atoms with E-state index in [1.165, 1.54) is 23.6 Å². The molecule has 9 heteroatoms. The van der Waals surface area contributed by atoms with Crippen LogP contribution >= 0.6 is 11.3 Å². The van der Waals surface area contributed by atoms with Gasteiger partial charge in [-0.05, 0) is 36.9 Å². The van der Waals surface area contributed by atoms with Crippen LogP contribution in [0.25, 0.3) is 11.3 Å². The van der Waals surface area contributed by atoms with Crippen LogP contribution in [0.2, 0.25) is 0 Å². The van der Waals surface area contributed by atoms with Crippen LogP contribution in [0.1, 0.15) is 29.0 Å². The van der Waals surface area contributed by atoms with Crippen LogP contribution in [-0.2, 0) is 16.9 Å². The molecule has 0 N–H and O–H groups in total. The number of nitrogens with zero attached hydrogens (tertiary/aromatic N) is 4. The van der Waals surface area contributed by atoms with Gasteiger partial charge in [0.05, 0.1) is 17.3 Å². The van der Waals surface area contributed by atoms with Gasteiger partial charge in [0.2, 0.25) is 5.13 Å². The number of benzene rings is 1. The van der Waals surface area contributed by atoms with Crippen molar-refractivity contribution in [3.05, 3.63) is 64.8 Å². The summed E-state index contributed by atoms with van der Waals surface area (Å²) in [6, 6.07) is 11.6. The van der Waals surface area contributed by atoms with E-state index >= 15 is 0 Å². The van der Waals surface area contributed by atoms with Gasteiger partial charge in [-0.3, -0.25) is 4.98 Å². The molecule has 0 aliphatic rings. The van der Waals surface area contributed by atoms with Gasteiger partial charge in [-0.2, -0.15) is 22.8 Å². The molecule has 2 unspecified atom stereocenters. The lowest BCUT2D eigenvalue weighted by Gasteiger charge is -2.13. The monoisotopic (exact) mass is 420 g/mol. The molecule has 28 heavy (non-hydrogen) atoms. The van der Waals surface area contributed by atoms with Crippen LogP contribution < -0.4 is 0 Å². The van der Waals surface area contributed by atoms with E-state index in [1.807, 2.05) is 30.7 Å². The van der Waals surface area contributed by atoms with Crippen molar-refractivity contribution in [3.8, 4) is 17.3 Å². The zero-order valence-electron chi connectivity index (χ0n) is 14.9. The second-order valence-electron chi connectivity index (χ2n) is 5.94. The molecule has 0 fully saturated rings. The van der Waals surface area contributed by atoms with Crippen LogP contribution in [0, 0.1) is 11.3 Å². The average Bonchev–Trinajstić information content (AvgIpc) is 3.15. The molecule has 0 radical (unpaired) electrons. The Morgan fingerprint density at radius 1 is 1.18 bits per heavy atom. The van der Waals surface area contributed by atoms with Gasteiger partial charge in [-0.1, -0.05) is 28.9 Å². The standard InChI is InChI=1S/C19H15F3N4S2/c1-12(15-7-8-17(24-10-15)19(20,21)22)28(2)26-18-25-16(11-27-18)14-5-3-13(9-23)4-6-14/h3-8,10-12H,1-2H3. The molecule has 144 valence electrons. The van der Waals surface area contributed by atoms with Crippen LogP contribution in [0.3, 0.4) is 0 Å². The van der Waals surface area contributed by atoms with Crippen molar-refractivity contribution < 1.29 is 13.2 Å². The predicted octanol–water partition coefficient (Wildman–Crippen LogP) is 5.92. The van der Waals surface area contributed by atoms with E-state index in [4.69, 9.17) is 5.26 Å². The number of thiazole rings is 1. The van der Waals surface area contributed by atoms with Crippen molar-refractivity contribution in [1.82, 2.24) is 9.97 Å². The van der Waals surface area contributed by atoms with Gasteiger partial charge in [0, 0.05) is 22.4 Å². The molecule has 2 atom stereocenters. The number of pyridine rings is 1. The van der Waals surface area contributed by atoms with Gasteiger partial charge >= 0.3 is 6.18 Å². The van der Waals surface area contributed by atoms with E-state index in [-0.39, 0.29) is 5.25 Å². The first-order valence-corrected chi connectivity index (χ1v) is 10.7. The molecule has 2 aromatic heterocycles. The van der Waals surface area contributed by atoms with Crippen LogP contribution in [0.5, 0.6) is 0 Å². The molecule has 4 nitrogen and oxygen atoms in total. The lowest BCUT2D eigenvalue weighted by Crippen LogP contribution is -2.09. The van der Waals surface area contributed by atoms with Crippen molar-refractivity contribution in [1.29, 1.82) is 5.26 Å². The van der Waals surface area contributed by atoms with E-state index in [1.54, 1.807) is 12.1 Å². The Kier molecular flexibility index (Phi) is 5.91. The Morgan fingerprint density at radius 2 is 1.89 bits per heavy atom. The fourth-order valence-electron chi connectivity index (χ4n) is 2.37. The van der Waals surface area contributed by atoms with Crippen LogP contribution in [0.4, 0.5) is 18.3 Å². The molecule has 0 saturated heterocycles. The Bertz CT molecular complexity index is 1030. The number of hydrogen-bond acceptors (Lipinski definition) is 5. The van der Waals surface area contributed by atoms with E-state index in [0.29, 0.717) is 16.3 Å². The lowest BCUT2D eigenvalue weighted by molar-refractivity contribution is -0.141. The van der Waals surface area contributed by atoms with Crippen LogP contribution in [0.15, 0.2) is 52.3 Å². The van der Waals surface area contributed by atoms with Gasteiger partial charge in [0.1, 0.15) is 5.69 Å². The number of rotatable bonds is 4. The van der Waals surface area contributed by atoms with E-state index in [9.17, 15) is 13.2 Å². The minimum Gasteiger partial charge on any atom is -0.251 e. The number of aromatic nitrogens is 2. The van der Waals surface area contributed by atoms with E-state index in [0.717, 1.165) is 17.3 Å². The summed E-state index contributed by atoms with van der Waals surface area (Å²) < 4.78 is 42.6. The molecule has 3 aromatic rings. The second-order valence-corrected chi connectivity index (χ2v) is 8.71. The summed E-state index contributed by atoms with van der Waals surface area (Å²) in [6.07, 6.45) is -1.26. The first kappa shape index (κ1) is 20.2. The lowest BCUT2D eigenvalue weighted by atomic mass is 10.1. The van der Waals surface area contributed by atoms with Gasteiger partial charge in [0.25, 0.3) is 0 Å². The summed E-state index contributed by atoms with van der Waals surface area (Å²) in [5.74, 6) is 0. The first-order chi connectivity index (χ1) is 13.3. The molecular formula is C19H15F3N4S2. The van der Waals surface area contributed by atoms with Gasteiger partial charge < -0.3 is 0 Å². The molecule has 0 aliphatic carbocycles. The fourth-order valence-corrected chi connectivity index (χ4v) is 4.43. The fraction of sp³-hybridized carbons (Fsp3) is 0.211. The highest BCUT2D eigenvalue weighted by Gasteiger charge is 2.32. The Labute approximate surface area is 166 Å². The minimum absolute atomic E-state index is 0.0861. The number of alkyl halides is 3. The Balaban J connectivity index is 1.77. The Morgan fingerprint density at radius 3 is 2.46 bits per heavy atom. The molecule has 0 spiro atoms. The predicted molar refractivity (Wildman–Crippen MR) is 105 cm³/mol. The maximum absolute atomic E-state index is 12.6. The molecule has 0 bridgehead atoms. The highest BCUT2D eigenvalue weighted by Crippen LogP contribution is 2.31. The zero-order valence-corrected chi connectivity index (χ0v) is 16.6. The van der Waals surface area contributed by atoms with Crippen molar-refractivity contribution in [2.45, 2.75) is 18.3 Å². The Hall–Kier alpha value is -2.57. The largest absolute Gasteiger partial charge is 0.433 e. The summed E-state index contributed by atoms with van der Waals surface area (Å²) in [6.45, 7) is 1.91. The third-order valence-electron chi connectivity index (χ3n) is 4.08. The molecule has 3 rings (SSSR count). The minimum atomic E-state index is -4.44. The quantitative estimate of drug-likeness (QED) is 0.526. The molecule has 0 amide bonds. The topological polar surface area (TPSA) is 61.9 Å². The average molecular weight is 420 g/mol. The van der Waals surface area contributed by atoms with Crippen molar-refractivity contribution in [3.63, 3.8) is 0 Å². The van der Waals surface area contributed by atoms with E-state index in [2.05, 4.69) is 20.4 Å². The van der Waals surface area contributed by atoms with Gasteiger partial charge in [0.15, 0.2) is 0 Å². The molecule has 0 saturated carbocycles. The SMILES string of the molecule is CC(c1ccc(C(F)(F)F)nc1)S(C)=Nc1nc(-c2ccc(C#N)cc2)cs1. The number of hydrogen-bond donors (Lipinski definition) is 0. The van der Waals surface area contributed by atoms with Crippen molar-refractivity contribution >= 4 is 27.2 Å². The molecular weight excluding hydrogens is 405 g/mol. The third-order valence-corrected chi connectivity index (χ3v) is 6.69. The maximum atomic E-state index is 12.6. The van der Waals surface area contributed by atoms with Crippen molar-refractivity contribution in [2.75, 3.05) is 6.26 Å². The number of nitriles is 1. The number of halogens is 3. The third kappa shape index (κ3) is 4.64. The molecule has 1 aromatic carbocycles. The normalized spacial score (nSPS) is 13.9. The highest BCUT2D eigenvalue weighted by atomic mass is 32.2. The summed E-state index contributed by atoms with van der Waals surface area (Å²) >= 11 is 1.40. The smallest absolute Gasteiger partial charge is 0.251 e. The maximum Gasteiger partial charge on any atom is 0.433 e. The summed E-state index contributed by atoms with van der Waals surface area (Å²) in [5.41, 5.74) is 2.05. The highest BCUT2D eigenvalue weighted by molar-refractivity contribution is 7.87. The second kappa shape index (κ2) is 8.20. The zero-order chi connectivity index (χ0) is 20.3.